The van der Waals surface area contributed by atoms with Gasteiger partial charge in [0.1, 0.15) is 11.9 Å². The van der Waals surface area contributed by atoms with Crippen molar-refractivity contribution in [3.63, 3.8) is 0 Å². The Bertz CT molecular complexity index is 719. The summed E-state index contributed by atoms with van der Waals surface area (Å²) in [4.78, 5) is 21.9. The van der Waals surface area contributed by atoms with Crippen molar-refractivity contribution in [3.8, 4) is 6.07 Å². The largest absolute Gasteiger partial charge is 0.353 e. The first-order chi connectivity index (χ1) is 11.6. The molecule has 1 amide bonds. The van der Waals surface area contributed by atoms with Gasteiger partial charge in [-0.25, -0.2) is 4.98 Å². The lowest BCUT2D eigenvalue weighted by molar-refractivity contribution is -0.140. The number of anilines is 1. The minimum Gasteiger partial charge on any atom is -0.353 e. The monoisotopic (exact) mass is 324 g/mol. The number of carbonyl (C=O) groups is 1. The van der Waals surface area contributed by atoms with Gasteiger partial charge in [0.15, 0.2) is 0 Å². The highest BCUT2D eigenvalue weighted by Crippen LogP contribution is 2.37. The fourth-order valence-corrected chi connectivity index (χ4v) is 4.22. The van der Waals surface area contributed by atoms with Crippen LogP contribution >= 0.6 is 0 Å². The molecule has 0 radical (unpaired) electrons. The molecule has 2 bridgehead atoms. The molecule has 0 spiro atoms. The van der Waals surface area contributed by atoms with Crippen molar-refractivity contribution in [2.24, 2.45) is 11.8 Å². The first kappa shape index (κ1) is 15.4. The van der Waals surface area contributed by atoms with Gasteiger partial charge in [-0.2, -0.15) is 5.26 Å². The van der Waals surface area contributed by atoms with Gasteiger partial charge in [-0.3, -0.25) is 4.79 Å². The second-order valence-electron chi connectivity index (χ2n) is 7.66. The van der Waals surface area contributed by atoms with Gasteiger partial charge in [0, 0.05) is 31.4 Å². The minimum atomic E-state index is 0.0525. The van der Waals surface area contributed by atoms with Crippen LogP contribution in [0.2, 0.25) is 0 Å². The number of aryl methyl sites for hydroxylation is 2. The Balaban J connectivity index is 1.67. The number of amides is 1. The number of nitrogens with zero attached hydrogens (tertiary/aromatic N) is 4. The zero-order valence-corrected chi connectivity index (χ0v) is 14.5. The fraction of sp³-hybridized carbons (Fsp3) is 0.632. The van der Waals surface area contributed by atoms with Crippen LogP contribution in [0.25, 0.3) is 0 Å². The molecule has 24 heavy (non-hydrogen) atoms. The second kappa shape index (κ2) is 5.77. The molecule has 1 aromatic heterocycles. The number of piperidine rings is 1. The highest BCUT2D eigenvalue weighted by Gasteiger charge is 2.43. The Morgan fingerprint density at radius 3 is 2.75 bits per heavy atom. The van der Waals surface area contributed by atoms with E-state index in [4.69, 9.17) is 0 Å². The van der Waals surface area contributed by atoms with Gasteiger partial charge in [-0.1, -0.05) is 0 Å². The lowest BCUT2D eigenvalue weighted by Crippen LogP contribution is -2.48. The zero-order chi connectivity index (χ0) is 16.8. The van der Waals surface area contributed by atoms with Gasteiger partial charge >= 0.3 is 0 Å². The van der Waals surface area contributed by atoms with Gasteiger partial charge in [0.05, 0.1) is 11.5 Å². The summed E-state index contributed by atoms with van der Waals surface area (Å²) in [6.07, 6.45) is 4.57. The number of nitriles is 1. The van der Waals surface area contributed by atoms with Crippen LogP contribution < -0.4 is 4.90 Å². The van der Waals surface area contributed by atoms with Gasteiger partial charge in [-0.05, 0) is 57.1 Å². The second-order valence-corrected chi connectivity index (χ2v) is 7.66. The predicted octanol–water partition coefficient (Wildman–Crippen LogP) is 2.41. The summed E-state index contributed by atoms with van der Waals surface area (Å²) in [6, 6.07) is 4.55. The average Bonchev–Trinajstić information content (AvgIpc) is 3.37. The lowest BCUT2D eigenvalue weighted by atomic mass is 9.94. The van der Waals surface area contributed by atoms with Gasteiger partial charge in [0.25, 0.3) is 0 Å². The molecule has 126 valence electrons. The van der Waals surface area contributed by atoms with Crippen LogP contribution in [0.5, 0.6) is 0 Å². The van der Waals surface area contributed by atoms with Crippen molar-refractivity contribution in [2.75, 3.05) is 24.5 Å². The topological polar surface area (TPSA) is 60.2 Å². The smallest absolute Gasteiger partial charge is 0.227 e. The van der Waals surface area contributed by atoms with Crippen molar-refractivity contribution >= 4 is 11.7 Å². The van der Waals surface area contributed by atoms with E-state index in [1.54, 1.807) is 0 Å². The van der Waals surface area contributed by atoms with E-state index in [1.165, 1.54) is 12.8 Å². The fourth-order valence-electron chi connectivity index (χ4n) is 4.22. The summed E-state index contributed by atoms with van der Waals surface area (Å²) in [5.41, 5.74) is 2.56. The van der Waals surface area contributed by atoms with E-state index in [0.717, 1.165) is 48.9 Å². The average molecular weight is 324 g/mol. The SMILES string of the molecule is Cc1cc(C)c(C#N)c(N2C[C@@H]3CC[C@H](C2)N(CC2CC2)C3=O)n1. The van der Waals surface area contributed by atoms with Crippen molar-refractivity contribution in [1.82, 2.24) is 9.88 Å². The van der Waals surface area contributed by atoms with Gasteiger partial charge < -0.3 is 9.80 Å². The van der Waals surface area contributed by atoms with Crippen molar-refractivity contribution < 1.29 is 4.79 Å². The number of pyridine rings is 1. The molecule has 5 nitrogen and oxygen atoms in total. The van der Waals surface area contributed by atoms with Crippen LogP contribution in [0.4, 0.5) is 5.82 Å². The number of carbonyl (C=O) groups excluding carboxylic acids is 1. The molecule has 1 aliphatic carbocycles. The Kier molecular flexibility index (Phi) is 3.71. The standard InChI is InChI=1S/C19H24N4O/c1-12-7-13(2)21-18(17(12)8-20)22-10-15-5-6-16(11-22)23(19(15)24)9-14-3-4-14/h7,14-16H,3-6,9-11H2,1-2H3/t15-,16+/m0/s1. The van der Waals surface area contributed by atoms with Crippen molar-refractivity contribution in [2.45, 2.75) is 45.6 Å². The van der Waals surface area contributed by atoms with E-state index in [1.807, 2.05) is 19.9 Å². The summed E-state index contributed by atoms with van der Waals surface area (Å²) in [5, 5.41) is 9.58. The molecule has 0 N–H and O–H groups in total. The number of hydrogen-bond donors (Lipinski definition) is 0. The van der Waals surface area contributed by atoms with Crippen LogP contribution in [-0.4, -0.2) is 41.5 Å². The number of rotatable bonds is 3. The zero-order valence-electron chi connectivity index (χ0n) is 14.5. The maximum atomic E-state index is 12.8. The van der Waals surface area contributed by atoms with E-state index < -0.39 is 0 Å². The van der Waals surface area contributed by atoms with Gasteiger partial charge in [0.2, 0.25) is 5.91 Å². The van der Waals surface area contributed by atoms with E-state index >= 15 is 0 Å². The molecule has 4 heterocycles. The molecule has 4 fully saturated rings. The third-order valence-electron chi connectivity index (χ3n) is 5.68. The molecule has 5 heteroatoms. The predicted molar refractivity (Wildman–Crippen MR) is 91.6 cm³/mol. The van der Waals surface area contributed by atoms with Crippen molar-refractivity contribution in [1.29, 1.82) is 5.26 Å². The number of fused-ring (bicyclic) bond motifs is 4. The molecule has 1 saturated carbocycles. The Morgan fingerprint density at radius 2 is 2.04 bits per heavy atom. The highest BCUT2D eigenvalue weighted by molar-refractivity contribution is 5.81. The molecule has 0 unspecified atom stereocenters. The summed E-state index contributed by atoms with van der Waals surface area (Å²) in [7, 11) is 0. The van der Waals surface area contributed by atoms with E-state index in [2.05, 4.69) is 20.9 Å². The quantitative estimate of drug-likeness (QED) is 0.856. The maximum absolute atomic E-state index is 12.8. The van der Waals surface area contributed by atoms with Crippen LogP contribution in [0.15, 0.2) is 6.07 Å². The van der Waals surface area contributed by atoms with Crippen LogP contribution in [0, 0.1) is 37.0 Å². The molecule has 5 rings (SSSR count). The molecule has 3 aliphatic heterocycles. The minimum absolute atomic E-state index is 0.0525. The highest BCUT2D eigenvalue weighted by atomic mass is 16.2. The number of hydrogen-bond acceptors (Lipinski definition) is 4. The summed E-state index contributed by atoms with van der Waals surface area (Å²) in [5.74, 6) is 1.86. The summed E-state index contributed by atoms with van der Waals surface area (Å²) < 4.78 is 0. The Labute approximate surface area is 143 Å². The normalized spacial score (nSPS) is 26.5. The van der Waals surface area contributed by atoms with Crippen LogP contribution in [0.3, 0.4) is 0 Å². The molecule has 3 saturated heterocycles. The summed E-state index contributed by atoms with van der Waals surface area (Å²) in [6.45, 7) is 6.36. The number of aromatic nitrogens is 1. The molecular formula is C19H24N4O. The van der Waals surface area contributed by atoms with E-state index in [9.17, 15) is 10.1 Å². The van der Waals surface area contributed by atoms with Crippen molar-refractivity contribution in [3.05, 3.63) is 22.9 Å². The molecule has 0 aromatic carbocycles. The molecule has 1 aromatic rings. The Hall–Kier alpha value is -2.09. The summed E-state index contributed by atoms with van der Waals surface area (Å²) >= 11 is 0. The first-order valence-corrected chi connectivity index (χ1v) is 9.00. The first-order valence-electron chi connectivity index (χ1n) is 9.00. The van der Waals surface area contributed by atoms with Gasteiger partial charge in [-0.15, -0.1) is 0 Å². The maximum Gasteiger partial charge on any atom is 0.227 e. The van der Waals surface area contributed by atoms with E-state index in [-0.39, 0.29) is 12.0 Å². The van der Waals surface area contributed by atoms with E-state index in [0.29, 0.717) is 18.0 Å². The third kappa shape index (κ3) is 2.64. The molecule has 4 aliphatic rings. The molecule has 2 atom stereocenters. The lowest BCUT2D eigenvalue weighted by Gasteiger charge is -2.36. The van der Waals surface area contributed by atoms with Crippen LogP contribution in [-0.2, 0) is 4.79 Å². The molecular weight excluding hydrogens is 300 g/mol. The Morgan fingerprint density at radius 1 is 1.25 bits per heavy atom. The van der Waals surface area contributed by atoms with Crippen LogP contribution in [0.1, 0.15) is 42.5 Å². The third-order valence-corrected chi connectivity index (χ3v) is 5.68.